The molecule has 3 rings (SSSR count). The zero-order valence-corrected chi connectivity index (χ0v) is 20.7. The number of sulfonamides is 1. The monoisotopic (exact) mass is 499 g/mol. The van der Waals surface area contributed by atoms with Gasteiger partial charge in [-0.15, -0.1) is 0 Å². The number of hydrogen-bond acceptors (Lipinski definition) is 5. The molecule has 1 aliphatic heterocycles. The summed E-state index contributed by atoms with van der Waals surface area (Å²) in [6, 6.07) is 9.87. The van der Waals surface area contributed by atoms with E-state index in [1.807, 2.05) is 18.7 Å². The third-order valence-corrected chi connectivity index (χ3v) is 8.25. The van der Waals surface area contributed by atoms with Crippen LogP contribution in [0.25, 0.3) is 0 Å². The van der Waals surface area contributed by atoms with Gasteiger partial charge in [-0.05, 0) is 30.3 Å². The van der Waals surface area contributed by atoms with Crippen molar-refractivity contribution in [1.29, 1.82) is 0 Å². The number of piperazine rings is 1. The lowest BCUT2D eigenvalue weighted by atomic mass is 10.1. The number of methoxy groups -OCH3 is 1. The molecule has 32 heavy (non-hydrogen) atoms. The molecule has 0 unspecified atom stereocenters. The van der Waals surface area contributed by atoms with Crippen LogP contribution in [0.15, 0.2) is 41.3 Å². The maximum atomic E-state index is 13.0. The van der Waals surface area contributed by atoms with Gasteiger partial charge in [0.05, 0.1) is 33.3 Å². The highest BCUT2D eigenvalue weighted by Crippen LogP contribution is 2.33. The average Bonchev–Trinajstić information content (AvgIpc) is 2.79. The van der Waals surface area contributed by atoms with E-state index in [-0.39, 0.29) is 10.8 Å². The van der Waals surface area contributed by atoms with E-state index in [0.29, 0.717) is 66.3 Å². The van der Waals surface area contributed by atoms with Gasteiger partial charge in [-0.25, -0.2) is 8.42 Å². The van der Waals surface area contributed by atoms with Crippen molar-refractivity contribution in [2.24, 2.45) is 0 Å². The highest BCUT2D eigenvalue weighted by Gasteiger charge is 2.28. The van der Waals surface area contributed by atoms with Crippen molar-refractivity contribution in [3.8, 4) is 5.75 Å². The first-order valence-corrected chi connectivity index (χ1v) is 12.6. The molecular formula is C22H27Cl2N3O4S. The Labute approximate surface area is 199 Å². The number of benzene rings is 2. The molecule has 0 bridgehead atoms. The molecule has 2 aromatic rings. The van der Waals surface area contributed by atoms with Gasteiger partial charge < -0.3 is 14.5 Å². The molecule has 0 saturated carbocycles. The maximum Gasteiger partial charge on any atom is 0.257 e. The Bertz CT molecular complexity index is 1060. The van der Waals surface area contributed by atoms with Crippen LogP contribution in [0.1, 0.15) is 24.2 Å². The lowest BCUT2D eigenvalue weighted by molar-refractivity contribution is 0.0747. The van der Waals surface area contributed by atoms with Crippen LogP contribution in [0, 0.1) is 0 Å². The van der Waals surface area contributed by atoms with Gasteiger partial charge >= 0.3 is 0 Å². The molecule has 0 spiro atoms. The van der Waals surface area contributed by atoms with Gasteiger partial charge in [0.15, 0.2) is 0 Å². The molecule has 0 aromatic heterocycles. The summed E-state index contributed by atoms with van der Waals surface area (Å²) in [5.74, 6) is 0.363. The number of anilines is 1. The predicted octanol–water partition coefficient (Wildman–Crippen LogP) is 3.99. The van der Waals surface area contributed by atoms with Crippen molar-refractivity contribution in [2.75, 3.05) is 51.3 Å². The summed E-state index contributed by atoms with van der Waals surface area (Å²) in [5.41, 5.74) is 0.984. The first kappa shape index (κ1) is 24.6. The van der Waals surface area contributed by atoms with Gasteiger partial charge in [0.2, 0.25) is 10.0 Å². The van der Waals surface area contributed by atoms with Crippen molar-refractivity contribution < 1.29 is 17.9 Å². The number of carbonyl (C=O) groups excluding carboxylic acids is 1. The molecule has 0 radical (unpaired) electrons. The topological polar surface area (TPSA) is 70.2 Å². The van der Waals surface area contributed by atoms with Gasteiger partial charge in [-0.2, -0.15) is 4.31 Å². The molecule has 0 atom stereocenters. The molecule has 2 aromatic carbocycles. The minimum absolute atomic E-state index is 0.218. The fourth-order valence-electron chi connectivity index (χ4n) is 3.80. The quantitative estimate of drug-likeness (QED) is 0.575. The van der Waals surface area contributed by atoms with Crippen molar-refractivity contribution in [3.63, 3.8) is 0 Å². The molecule has 1 aliphatic rings. The molecular weight excluding hydrogens is 473 g/mol. The van der Waals surface area contributed by atoms with Gasteiger partial charge in [-0.1, -0.05) is 43.1 Å². The average molecular weight is 500 g/mol. The summed E-state index contributed by atoms with van der Waals surface area (Å²) < 4.78 is 32.9. The third-order valence-electron chi connectivity index (χ3n) is 5.58. The molecule has 7 nitrogen and oxygen atoms in total. The van der Waals surface area contributed by atoms with Crippen molar-refractivity contribution in [3.05, 3.63) is 52.0 Å². The van der Waals surface area contributed by atoms with E-state index in [4.69, 9.17) is 27.9 Å². The van der Waals surface area contributed by atoms with Crippen LogP contribution < -0.4 is 9.64 Å². The Morgan fingerprint density at radius 2 is 1.62 bits per heavy atom. The fourth-order valence-corrected chi connectivity index (χ4v) is 5.84. The molecule has 0 aliphatic carbocycles. The highest BCUT2D eigenvalue weighted by atomic mass is 35.5. The SMILES string of the molecule is CCN(CC)S(=O)(=O)c1ccc(OC)c(N2CCN(C(=O)c3c(Cl)cccc3Cl)CC2)c1. The van der Waals surface area contributed by atoms with Crippen LogP contribution in [0.4, 0.5) is 5.69 Å². The highest BCUT2D eigenvalue weighted by molar-refractivity contribution is 7.89. The summed E-state index contributed by atoms with van der Waals surface area (Å²) >= 11 is 12.4. The largest absolute Gasteiger partial charge is 0.495 e. The number of carbonyl (C=O) groups is 1. The van der Waals surface area contributed by atoms with Crippen LogP contribution in [-0.4, -0.2) is 69.9 Å². The van der Waals surface area contributed by atoms with E-state index >= 15 is 0 Å². The molecule has 1 fully saturated rings. The Kier molecular flexibility index (Phi) is 7.92. The van der Waals surface area contributed by atoms with Crippen LogP contribution in [0.3, 0.4) is 0 Å². The number of halogens is 2. The van der Waals surface area contributed by atoms with Crippen molar-refractivity contribution in [2.45, 2.75) is 18.7 Å². The van der Waals surface area contributed by atoms with E-state index in [1.165, 1.54) is 4.31 Å². The van der Waals surface area contributed by atoms with E-state index < -0.39 is 10.0 Å². The summed E-state index contributed by atoms with van der Waals surface area (Å²) in [7, 11) is -2.05. The first-order chi connectivity index (χ1) is 15.2. The second kappa shape index (κ2) is 10.3. The maximum absolute atomic E-state index is 13.0. The first-order valence-electron chi connectivity index (χ1n) is 10.4. The van der Waals surface area contributed by atoms with E-state index in [9.17, 15) is 13.2 Å². The summed E-state index contributed by atoms with van der Waals surface area (Å²) in [6.07, 6.45) is 0. The number of rotatable bonds is 7. The number of hydrogen-bond donors (Lipinski definition) is 0. The second-order valence-corrected chi connectivity index (χ2v) is 10.1. The van der Waals surface area contributed by atoms with E-state index in [1.54, 1.807) is 48.4 Å². The van der Waals surface area contributed by atoms with Crippen molar-refractivity contribution in [1.82, 2.24) is 9.21 Å². The van der Waals surface area contributed by atoms with Crippen LogP contribution >= 0.6 is 23.2 Å². The van der Waals surface area contributed by atoms with Crippen LogP contribution in [0.5, 0.6) is 5.75 Å². The standard InChI is InChI=1S/C22H27Cl2N3O4S/c1-4-27(5-2)32(29,30)16-9-10-20(31-3)19(15-16)25-11-13-26(14-12-25)22(28)21-17(23)7-6-8-18(21)24/h6-10,15H,4-5,11-14H2,1-3H3. The number of nitrogens with zero attached hydrogens (tertiary/aromatic N) is 3. The minimum Gasteiger partial charge on any atom is -0.495 e. The van der Waals surface area contributed by atoms with Crippen LogP contribution in [-0.2, 0) is 10.0 Å². The summed E-state index contributed by atoms with van der Waals surface area (Å²) in [4.78, 5) is 16.9. The van der Waals surface area contributed by atoms with Gasteiger partial charge in [0, 0.05) is 39.3 Å². The van der Waals surface area contributed by atoms with E-state index in [2.05, 4.69) is 0 Å². The molecule has 174 valence electrons. The fraction of sp³-hybridized carbons (Fsp3) is 0.409. The number of amides is 1. The second-order valence-electron chi connectivity index (χ2n) is 7.30. The van der Waals surface area contributed by atoms with Crippen molar-refractivity contribution >= 4 is 44.8 Å². The van der Waals surface area contributed by atoms with Gasteiger partial charge in [0.1, 0.15) is 5.75 Å². The molecule has 10 heteroatoms. The normalized spacial score (nSPS) is 14.7. The lowest BCUT2D eigenvalue weighted by Crippen LogP contribution is -2.49. The predicted molar refractivity (Wildman–Crippen MR) is 128 cm³/mol. The summed E-state index contributed by atoms with van der Waals surface area (Å²) in [6.45, 7) is 6.32. The number of ether oxygens (including phenoxy) is 1. The van der Waals surface area contributed by atoms with Gasteiger partial charge in [-0.3, -0.25) is 4.79 Å². The van der Waals surface area contributed by atoms with E-state index in [0.717, 1.165) is 0 Å². The Hall–Kier alpha value is -2.00. The molecule has 1 heterocycles. The molecule has 1 saturated heterocycles. The molecule has 1 amide bonds. The Morgan fingerprint density at radius 1 is 1.03 bits per heavy atom. The molecule has 0 N–H and O–H groups in total. The zero-order valence-electron chi connectivity index (χ0n) is 18.3. The smallest absolute Gasteiger partial charge is 0.257 e. The summed E-state index contributed by atoms with van der Waals surface area (Å²) in [5, 5.41) is 0.641. The third kappa shape index (κ3) is 4.83. The minimum atomic E-state index is -3.60. The zero-order chi connectivity index (χ0) is 23.5. The Balaban J connectivity index is 1.82. The van der Waals surface area contributed by atoms with Gasteiger partial charge in [0.25, 0.3) is 5.91 Å². The Morgan fingerprint density at radius 3 is 2.16 bits per heavy atom. The van der Waals surface area contributed by atoms with Crippen LogP contribution in [0.2, 0.25) is 10.0 Å². The lowest BCUT2D eigenvalue weighted by Gasteiger charge is -2.37.